The Morgan fingerprint density at radius 1 is 1.32 bits per heavy atom. The molecule has 2 rings (SSSR count). The fraction of sp³-hybridized carbons (Fsp3) is 0.538. The fourth-order valence-electron chi connectivity index (χ4n) is 1.94. The molecule has 6 nitrogen and oxygen atoms in total. The van der Waals surface area contributed by atoms with Gasteiger partial charge in [0.1, 0.15) is 6.17 Å². The second-order valence-electron chi connectivity index (χ2n) is 4.92. The molecule has 0 saturated heterocycles. The van der Waals surface area contributed by atoms with Gasteiger partial charge in [-0.05, 0) is 31.4 Å². The van der Waals surface area contributed by atoms with Crippen molar-refractivity contribution in [3.8, 4) is 0 Å². The number of guanidine groups is 2. The number of aliphatic imine (C=N–C) groups is 2. The van der Waals surface area contributed by atoms with Crippen LogP contribution in [-0.4, -0.2) is 48.6 Å². The van der Waals surface area contributed by atoms with Crippen molar-refractivity contribution in [1.29, 1.82) is 0 Å². The number of hydrogen-bond acceptors (Lipinski definition) is 5. The highest BCUT2D eigenvalue weighted by Crippen LogP contribution is 2.05. The Kier molecular flexibility index (Phi) is 4.09. The van der Waals surface area contributed by atoms with Crippen molar-refractivity contribution >= 4 is 11.9 Å². The van der Waals surface area contributed by atoms with E-state index in [1.165, 1.54) is 11.1 Å². The lowest BCUT2D eigenvalue weighted by Crippen LogP contribution is -2.49. The van der Waals surface area contributed by atoms with E-state index < -0.39 is 0 Å². The van der Waals surface area contributed by atoms with Gasteiger partial charge in [-0.2, -0.15) is 0 Å². The molecule has 0 aliphatic carbocycles. The smallest absolute Gasteiger partial charge is 0.202 e. The van der Waals surface area contributed by atoms with Gasteiger partial charge in [-0.1, -0.05) is 0 Å². The quantitative estimate of drug-likeness (QED) is 0.750. The van der Waals surface area contributed by atoms with Crippen LogP contribution < -0.4 is 10.6 Å². The first kappa shape index (κ1) is 13.5. The second-order valence-corrected chi connectivity index (χ2v) is 4.92. The molecule has 3 N–H and O–H groups in total. The summed E-state index contributed by atoms with van der Waals surface area (Å²) in [6, 6.07) is 0. The lowest BCUT2D eigenvalue weighted by molar-refractivity contribution is 0.578. The van der Waals surface area contributed by atoms with E-state index in [-0.39, 0.29) is 6.17 Å². The molecule has 1 aliphatic heterocycles. The average Bonchev–Trinajstić information content (AvgIpc) is 2.74. The van der Waals surface area contributed by atoms with E-state index in [4.69, 9.17) is 0 Å². The maximum atomic E-state index is 4.43. The van der Waals surface area contributed by atoms with Crippen molar-refractivity contribution in [2.24, 2.45) is 9.98 Å². The predicted molar refractivity (Wildman–Crippen MR) is 78.4 cm³/mol. The van der Waals surface area contributed by atoms with Crippen molar-refractivity contribution in [2.45, 2.75) is 26.4 Å². The number of hydrogen-bond donors (Lipinski definition) is 3. The summed E-state index contributed by atoms with van der Waals surface area (Å²) in [5.41, 5.74) is 2.63. The van der Waals surface area contributed by atoms with Crippen molar-refractivity contribution in [3.63, 3.8) is 0 Å². The molecule has 19 heavy (non-hydrogen) atoms. The summed E-state index contributed by atoms with van der Waals surface area (Å²) in [4.78, 5) is 13.9. The Balaban J connectivity index is 1.85. The van der Waals surface area contributed by atoms with Gasteiger partial charge in [0.2, 0.25) is 5.96 Å². The van der Waals surface area contributed by atoms with Crippen LogP contribution in [0.5, 0.6) is 0 Å². The zero-order chi connectivity index (χ0) is 13.8. The van der Waals surface area contributed by atoms with Gasteiger partial charge in [-0.25, -0.2) is 9.98 Å². The number of H-pyrrole nitrogens is 1. The lowest BCUT2D eigenvalue weighted by Gasteiger charge is -2.24. The summed E-state index contributed by atoms with van der Waals surface area (Å²) in [5, 5.41) is 6.50. The summed E-state index contributed by atoms with van der Waals surface area (Å²) in [6.45, 7) is 4.93. The third kappa shape index (κ3) is 3.49. The second kappa shape index (κ2) is 5.77. The van der Waals surface area contributed by atoms with E-state index in [0.717, 1.165) is 24.9 Å². The minimum absolute atomic E-state index is 0.0462. The Hall–Kier alpha value is -1.98. The molecular formula is C13H22N6. The lowest BCUT2D eigenvalue weighted by atomic mass is 10.1. The first-order valence-corrected chi connectivity index (χ1v) is 6.52. The van der Waals surface area contributed by atoms with E-state index in [0.29, 0.717) is 0 Å². The third-order valence-electron chi connectivity index (χ3n) is 3.03. The molecule has 104 valence electrons. The maximum Gasteiger partial charge on any atom is 0.202 e. The van der Waals surface area contributed by atoms with Crippen molar-refractivity contribution < 1.29 is 0 Å². The third-order valence-corrected chi connectivity index (χ3v) is 3.03. The van der Waals surface area contributed by atoms with Crippen molar-refractivity contribution in [1.82, 2.24) is 20.5 Å². The highest BCUT2D eigenvalue weighted by atomic mass is 15.4. The SMILES string of the molecule is Cc1c[nH]cc1CCNC1=NC(C)N=C(N(C)C)N1. The zero-order valence-corrected chi connectivity index (χ0v) is 12.0. The largest absolute Gasteiger partial charge is 0.367 e. The molecule has 1 aromatic heterocycles. The van der Waals surface area contributed by atoms with Gasteiger partial charge in [0.15, 0.2) is 5.96 Å². The number of nitrogens with one attached hydrogen (secondary N) is 3. The molecule has 1 aromatic rings. The van der Waals surface area contributed by atoms with Crippen LogP contribution in [-0.2, 0) is 6.42 Å². The maximum absolute atomic E-state index is 4.43. The van der Waals surface area contributed by atoms with Crippen molar-refractivity contribution in [2.75, 3.05) is 20.6 Å². The number of aromatic amines is 1. The first-order valence-electron chi connectivity index (χ1n) is 6.52. The number of nitrogens with zero attached hydrogens (tertiary/aromatic N) is 3. The molecule has 0 aromatic carbocycles. The molecule has 1 aliphatic rings. The topological polar surface area (TPSA) is 67.8 Å². The highest BCUT2D eigenvalue weighted by Gasteiger charge is 2.14. The average molecular weight is 262 g/mol. The van der Waals surface area contributed by atoms with Crippen LogP contribution in [0.3, 0.4) is 0 Å². The first-order chi connectivity index (χ1) is 9.06. The molecule has 0 fully saturated rings. The van der Waals surface area contributed by atoms with E-state index in [1.807, 2.05) is 38.3 Å². The van der Waals surface area contributed by atoms with Crippen LogP contribution in [0.4, 0.5) is 0 Å². The van der Waals surface area contributed by atoms with Crippen LogP contribution in [0, 0.1) is 6.92 Å². The highest BCUT2D eigenvalue weighted by molar-refractivity contribution is 5.99. The summed E-state index contributed by atoms with van der Waals surface area (Å²) in [7, 11) is 3.93. The van der Waals surface area contributed by atoms with E-state index in [2.05, 4.69) is 32.5 Å². The standard InChI is InChI=1S/C13H22N6/c1-9-7-14-8-11(9)5-6-15-12-16-10(2)17-13(18-12)19(3)4/h7-8,10,14H,5-6H2,1-4H3,(H2,15,16,17,18). The van der Waals surface area contributed by atoms with Gasteiger partial charge in [0, 0.05) is 33.0 Å². The molecule has 1 unspecified atom stereocenters. The van der Waals surface area contributed by atoms with E-state index in [1.54, 1.807) is 0 Å². The normalized spacial score (nSPS) is 18.4. The molecule has 0 saturated carbocycles. The molecule has 2 heterocycles. The zero-order valence-electron chi connectivity index (χ0n) is 12.0. The Labute approximate surface area is 114 Å². The number of rotatable bonds is 3. The summed E-state index contributed by atoms with van der Waals surface area (Å²) in [5.74, 6) is 1.63. The summed E-state index contributed by atoms with van der Waals surface area (Å²) < 4.78 is 0. The number of aromatic nitrogens is 1. The molecule has 0 amide bonds. The minimum Gasteiger partial charge on any atom is -0.367 e. The van der Waals surface area contributed by atoms with Gasteiger partial charge < -0.3 is 15.2 Å². The Bertz CT molecular complexity index is 485. The van der Waals surface area contributed by atoms with Crippen molar-refractivity contribution in [3.05, 3.63) is 23.5 Å². The van der Waals surface area contributed by atoms with Gasteiger partial charge >= 0.3 is 0 Å². The van der Waals surface area contributed by atoms with E-state index >= 15 is 0 Å². The van der Waals surface area contributed by atoms with Gasteiger partial charge in [-0.15, -0.1) is 0 Å². The van der Waals surface area contributed by atoms with Gasteiger partial charge in [0.25, 0.3) is 0 Å². The van der Waals surface area contributed by atoms with Crippen LogP contribution in [0.2, 0.25) is 0 Å². The minimum atomic E-state index is -0.0462. The Morgan fingerprint density at radius 3 is 2.74 bits per heavy atom. The van der Waals surface area contributed by atoms with Gasteiger partial charge in [0.05, 0.1) is 0 Å². The van der Waals surface area contributed by atoms with Crippen LogP contribution in [0.15, 0.2) is 22.4 Å². The predicted octanol–water partition coefficient (Wildman–Crippen LogP) is 0.678. The molecule has 0 spiro atoms. The summed E-state index contributed by atoms with van der Waals surface area (Å²) >= 11 is 0. The molecule has 0 radical (unpaired) electrons. The molecular weight excluding hydrogens is 240 g/mol. The Morgan fingerprint density at radius 2 is 2.11 bits per heavy atom. The van der Waals surface area contributed by atoms with Crippen LogP contribution in [0.1, 0.15) is 18.1 Å². The fourth-order valence-corrected chi connectivity index (χ4v) is 1.94. The van der Waals surface area contributed by atoms with Gasteiger partial charge in [-0.3, -0.25) is 5.32 Å². The molecule has 0 bridgehead atoms. The van der Waals surface area contributed by atoms with Crippen LogP contribution >= 0.6 is 0 Å². The summed E-state index contributed by atoms with van der Waals surface area (Å²) in [6.07, 6.45) is 4.99. The number of aryl methyl sites for hydroxylation is 1. The molecule has 1 atom stereocenters. The monoisotopic (exact) mass is 262 g/mol. The van der Waals surface area contributed by atoms with E-state index in [9.17, 15) is 0 Å². The van der Waals surface area contributed by atoms with Crippen LogP contribution in [0.25, 0.3) is 0 Å². The molecule has 6 heteroatoms.